The van der Waals surface area contributed by atoms with E-state index in [1.165, 1.54) is 100 Å². The highest BCUT2D eigenvalue weighted by Crippen LogP contribution is 2.56. The number of hydrogen-bond donors (Lipinski definition) is 0. The van der Waals surface area contributed by atoms with Crippen LogP contribution < -0.4 is 0 Å². The largest absolute Gasteiger partial charge is 0.0713 e. The van der Waals surface area contributed by atoms with Gasteiger partial charge in [0.05, 0.1) is 5.41 Å². The van der Waals surface area contributed by atoms with Crippen molar-refractivity contribution in [3.63, 3.8) is 0 Å². The lowest BCUT2D eigenvalue weighted by Crippen LogP contribution is -2.29. The van der Waals surface area contributed by atoms with Gasteiger partial charge in [0, 0.05) is 5.41 Å². The molecule has 7 aromatic rings. The van der Waals surface area contributed by atoms with E-state index in [2.05, 4.69) is 243 Å². The van der Waals surface area contributed by atoms with E-state index < -0.39 is 0 Å². The Hall–Kier alpha value is -5.46. The molecule has 8 rings (SSSR count). The molecule has 0 fully saturated rings. The Labute approximate surface area is 357 Å². The lowest BCUT2D eigenvalue weighted by atomic mass is 9.67. The molecule has 1 aliphatic rings. The summed E-state index contributed by atoms with van der Waals surface area (Å²) < 4.78 is 0. The van der Waals surface area contributed by atoms with Gasteiger partial charge in [-0.25, -0.2) is 0 Å². The third kappa shape index (κ3) is 8.65. The Kier molecular flexibility index (Phi) is 12.4. The summed E-state index contributed by atoms with van der Waals surface area (Å²) in [5, 5.41) is 0. The van der Waals surface area contributed by atoms with Gasteiger partial charge in [0.1, 0.15) is 0 Å². The molecule has 0 radical (unpaired) electrons. The molecule has 0 N–H and O–H groups in total. The zero-order chi connectivity index (χ0) is 42.9. The lowest BCUT2D eigenvalue weighted by Gasteiger charge is -2.34. The Morgan fingerprint density at radius 3 is 1.02 bits per heavy atom. The predicted octanol–water partition coefficient (Wildman–Crippen LogP) is 15.8. The number of benzene rings is 7. The Morgan fingerprint density at radius 1 is 0.322 bits per heavy atom. The maximum Gasteiger partial charge on any atom is 0.0713 e. The van der Waals surface area contributed by atoms with Crippen LogP contribution in [-0.4, -0.2) is 0 Å². The average molecular weight is 775 g/mol. The smallest absolute Gasteiger partial charge is 0.0619 e. The molecule has 1 aliphatic carbocycles. The van der Waals surface area contributed by atoms with Crippen LogP contribution in [0.25, 0.3) is 11.1 Å². The second-order valence-electron chi connectivity index (χ2n) is 18.8. The van der Waals surface area contributed by atoms with Gasteiger partial charge in [-0.2, -0.15) is 0 Å². The maximum atomic E-state index is 2.39. The van der Waals surface area contributed by atoms with Crippen LogP contribution in [0, 0.1) is 62.3 Å². The second kappa shape index (κ2) is 17.0. The zero-order valence-corrected chi connectivity index (χ0v) is 38.4. The predicted molar refractivity (Wildman–Crippen MR) is 257 cm³/mol. The minimum atomic E-state index is -0.288. The topological polar surface area (TPSA) is 0 Å². The van der Waals surface area contributed by atoms with Gasteiger partial charge < -0.3 is 0 Å². The number of fused-ring (bicyclic) bond motifs is 3. The van der Waals surface area contributed by atoms with E-state index in [1.54, 1.807) is 0 Å². The minimum absolute atomic E-state index is 0.0525. The molecule has 0 amide bonds. The van der Waals surface area contributed by atoms with Crippen LogP contribution in [0.2, 0.25) is 0 Å². The second-order valence-corrected chi connectivity index (χ2v) is 18.8. The van der Waals surface area contributed by atoms with E-state index in [-0.39, 0.29) is 16.2 Å². The molecule has 0 heterocycles. The normalized spacial score (nSPS) is 12.7. The fourth-order valence-corrected chi connectivity index (χ4v) is 8.45. The number of hydrogen-bond acceptors (Lipinski definition) is 0. The van der Waals surface area contributed by atoms with Crippen molar-refractivity contribution in [2.24, 2.45) is 0 Å². The standard InChI is InChI=1S/C29H26.C19H24.C11H16/c1-19-13-15-23(17-21(19)3)29(24-16-14-20(2)22(4)18-24)27-11-7-5-9-25(27)26-10-6-8-12-28(26)29;1-13-7-9-17(11-15(13)3)19(5,6)18-10-8-14(2)16(4)12-18;1-9-5-7-10(8-6-9)11(2,3)4/h5-18H,1-4H3;7-12H,1-6H3;5-8H,1-4H3. The molecule has 0 spiro atoms. The summed E-state index contributed by atoms with van der Waals surface area (Å²) in [4.78, 5) is 0. The molecule has 0 aliphatic heterocycles. The van der Waals surface area contributed by atoms with E-state index >= 15 is 0 Å². The SMILES string of the molecule is Cc1ccc(C(C)(C)C)cc1.Cc1ccc(C(C)(C)c2ccc(C)c(C)c2)cc1C.Cc1ccc(C2(c3ccc(C)c(C)c3)c3ccccc3-c3ccccc32)cc1C. The van der Waals surface area contributed by atoms with Crippen LogP contribution in [0.4, 0.5) is 0 Å². The summed E-state index contributed by atoms with van der Waals surface area (Å²) in [5.41, 5.74) is 24.5. The molecule has 7 aromatic carbocycles. The summed E-state index contributed by atoms with van der Waals surface area (Å²) in [6.45, 7) is 31.0. The highest BCUT2D eigenvalue weighted by atomic mass is 14.5. The van der Waals surface area contributed by atoms with E-state index in [0.29, 0.717) is 0 Å². The van der Waals surface area contributed by atoms with E-state index in [4.69, 9.17) is 0 Å². The fraction of sp³-hybridized carbons (Fsp3) is 0.288. The molecule has 0 saturated heterocycles. The maximum absolute atomic E-state index is 2.39. The van der Waals surface area contributed by atoms with Gasteiger partial charge in [0.2, 0.25) is 0 Å². The average Bonchev–Trinajstić information content (AvgIpc) is 3.50. The van der Waals surface area contributed by atoms with Crippen LogP contribution in [0.5, 0.6) is 0 Å². The molecule has 0 heteroatoms. The van der Waals surface area contributed by atoms with Crippen molar-refractivity contribution in [1.82, 2.24) is 0 Å². The zero-order valence-electron chi connectivity index (χ0n) is 38.4. The van der Waals surface area contributed by atoms with Gasteiger partial charge in [0.25, 0.3) is 0 Å². The summed E-state index contributed by atoms with van der Waals surface area (Å²) in [6, 6.07) is 54.2. The Balaban J connectivity index is 0.000000167. The van der Waals surface area contributed by atoms with E-state index in [9.17, 15) is 0 Å². The third-order valence-electron chi connectivity index (χ3n) is 13.2. The first kappa shape index (κ1) is 43.1. The fourth-order valence-electron chi connectivity index (χ4n) is 8.45. The summed E-state index contributed by atoms with van der Waals surface area (Å²) >= 11 is 0. The first-order chi connectivity index (χ1) is 27.8. The van der Waals surface area contributed by atoms with Crippen LogP contribution in [-0.2, 0) is 16.2 Å². The highest BCUT2D eigenvalue weighted by molar-refractivity contribution is 5.86. The van der Waals surface area contributed by atoms with Gasteiger partial charge in [-0.15, -0.1) is 0 Å². The van der Waals surface area contributed by atoms with Gasteiger partial charge in [0.15, 0.2) is 0 Å². The molecule has 59 heavy (non-hydrogen) atoms. The van der Waals surface area contributed by atoms with Crippen molar-refractivity contribution in [2.75, 3.05) is 0 Å². The molecule has 0 bridgehead atoms. The number of aryl methyl sites for hydroxylation is 9. The van der Waals surface area contributed by atoms with Crippen molar-refractivity contribution >= 4 is 0 Å². The van der Waals surface area contributed by atoms with Gasteiger partial charge >= 0.3 is 0 Å². The molecule has 0 nitrogen and oxygen atoms in total. The van der Waals surface area contributed by atoms with Crippen LogP contribution >= 0.6 is 0 Å². The Morgan fingerprint density at radius 2 is 0.661 bits per heavy atom. The van der Waals surface area contributed by atoms with Crippen LogP contribution in [0.1, 0.15) is 124 Å². The molecular weight excluding hydrogens is 709 g/mol. The first-order valence-electron chi connectivity index (χ1n) is 21.4. The molecule has 302 valence electrons. The van der Waals surface area contributed by atoms with Gasteiger partial charge in [-0.3, -0.25) is 0 Å². The number of rotatable bonds is 4. The first-order valence-corrected chi connectivity index (χ1v) is 21.4. The summed E-state index contributed by atoms with van der Waals surface area (Å²) in [7, 11) is 0. The van der Waals surface area contributed by atoms with Crippen LogP contribution in [0.3, 0.4) is 0 Å². The van der Waals surface area contributed by atoms with Crippen molar-refractivity contribution in [2.45, 2.75) is 113 Å². The molecule has 0 aromatic heterocycles. The molecule has 0 saturated carbocycles. The van der Waals surface area contributed by atoms with Gasteiger partial charge in [-0.05, 0) is 162 Å². The third-order valence-corrected chi connectivity index (χ3v) is 13.2. The molecular formula is C59H66. The summed E-state index contributed by atoms with van der Waals surface area (Å²) in [6.07, 6.45) is 0. The van der Waals surface area contributed by atoms with Gasteiger partial charge in [-0.1, -0.05) is 186 Å². The van der Waals surface area contributed by atoms with E-state index in [0.717, 1.165) is 0 Å². The minimum Gasteiger partial charge on any atom is -0.0619 e. The van der Waals surface area contributed by atoms with Crippen molar-refractivity contribution in [3.05, 3.63) is 235 Å². The quantitative estimate of drug-likeness (QED) is 0.167. The Bertz CT molecular complexity index is 2430. The molecule has 0 unspecified atom stereocenters. The van der Waals surface area contributed by atoms with Crippen molar-refractivity contribution < 1.29 is 0 Å². The summed E-state index contributed by atoms with van der Waals surface area (Å²) in [5.74, 6) is 0. The van der Waals surface area contributed by atoms with Crippen molar-refractivity contribution in [1.29, 1.82) is 0 Å². The highest BCUT2D eigenvalue weighted by Gasteiger charge is 2.46. The monoisotopic (exact) mass is 775 g/mol. The van der Waals surface area contributed by atoms with Crippen LogP contribution in [0.15, 0.2) is 146 Å². The van der Waals surface area contributed by atoms with E-state index in [1.807, 2.05) is 0 Å². The van der Waals surface area contributed by atoms with Crippen molar-refractivity contribution in [3.8, 4) is 11.1 Å². The lowest BCUT2D eigenvalue weighted by molar-refractivity contribution is 0.590. The molecule has 0 atom stereocenters.